The molecule has 0 saturated carbocycles. The van der Waals surface area contributed by atoms with E-state index in [0.29, 0.717) is 0 Å². The number of para-hydroxylation sites is 2. The summed E-state index contributed by atoms with van der Waals surface area (Å²) in [5.41, 5.74) is 18.2. The van der Waals surface area contributed by atoms with Crippen LogP contribution < -0.4 is 15.8 Å². The molecule has 61 heavy (non-hydrogen) atoms. The third kappa shape index (κ3) is 4.81. The van der Waals surface area contributed by atoms with Gasteiger partial charge in [0, 0.05) is 64.0 Å². The number of thiophene rings is 1. The third-order valence-corrected chi connectivity index (χ3v) is 14.8. The summed E-state index contributed by atoms with van der Waals surface area (Å²) >= 11 is 1.91. The van der Waals surface area contributed by atoms with E-state index in [0.717, 1.165) is 27.6 Å². The lowest BCUT2D eigenvalue weighted by Gasteiger charge is -2.41. The lowest BCUT2D eigenvalue weighted by atomic mass is 9.44. The molecule has 5 heterocycles. The van der Waals surface area contributed by atoms with Crippen LogP contribution in [0, 0.1) is 0 Å². The summed E-state index contributed by atoms with van der Waals surface area (Å²) in [6.45, 7) is 14.0. The molecular weight excluding hydrogens is 760 g/mol. The molecule has 2 aliphatic rings. The molecule has 3 aromatic heterocycles. The van der Waals surface area contributed by atoms with E-state index in [1.165, 1.54) is 97.7 Å². The van der Waals surface area contributed by atoms with Crippen molar-refractivity contribution in [1.82, 2.24) is 4.48 Å². The first-order chi connectivity index (χ1) is 29.5. The Labute approximate surface area is 359 Å². The van der Waals surface area contributed by atoms with E-state index in [9.17, 15) is 0 Å². The molecule has 5 heteroatoms. The smallest absolute Gasteiger partial charge is 0.333 e. The summed E-state index contributed by atoms with van der Waals surface area (Å²) in [5, 5.41) is 7.51. The van der Waals surface area contributed by atoms with Crippen molar-refractivity contribution in [1.29, 1.82) is 0 Å². The topological polar surface area (TPSA) is 21.3 Å². The zero-order chi connectivity index (χ0) is 41.1. The third-order valence-electron chi connectivity index (χ3n) is 13.7. The average molecular weight is 803 g/mol. The van der Waals surface area contributed by atoms with E-state index in [-0.39, 0.29) is 17.7 Å². The maximum absolute atomic E-state index is 6.96. The highest BCUT2D eigenvalue weighted by molar-refractivity contribution is 7.26. The van der Waals surface area contributed by atoms with Crippen LogP contribution in [-0.4, -0.2) is 11.3 Å². The van der Waals surface area contributed by atoms with Crippen LogP contribution in [0.3, 0.4) is 0 Å². The predicted molar refractivity (Wildman–Crippen MR) is 263 cm³/mol. The van der Waals surface area contributed by atoms with Gasteiger partial charge in [0.15, 0.2) is 5.58 Å². The van der Waals surface area contributed by atoms with Gasteiger partial charge in [-0.05, 0) is 104 Å². The Bertz CT molecular complexity index is 3690. The molecule has 8 aromatic carbocycles. The molecule has 3 nitrogen and oxygen atoms in total. The molecule has 0 spiro atoms. The lowest BCUT2D eigenvalue weighted by molar-refractivity contribution is 0.590. The molecule has 0 saturated heterocycles. The molecule has 0 radical (unpaired) electrons. The first kappa shape index (κ1) is 35.2. The number of aromatic nitrogens is 1. The second-order valence-electron chi connectivity index (χ2n) is 19.3. The van der Waals surface area contributed by atoms with E-state index in [1.54, 1.807) is 0 Å². The van der Waals surface area contributed by atoms with Crippen LogP contribution in [0.2, 0.25) is 0 Å². The van der Waals surface area contributed by atoms with Gasteiger partial charge in [0.2, 0.25) is 0 Å². The molecule has 0 N–H and O–H groups in total. The Balaban J connectivity index is 1.25. The molecule has 0 unspecified atom stereocenters. The van der Waals surface area contributed by atoms with Crippen LogP contribution in [0.25, 0.3) is 86.2 Å². The summed E-state index contributed by atoms with van der Waals surface area (Å²) in [4.78, 5) is 2.59. The van der Waals surface area contributed by atoms with Crippen molar-refractivity contribution in [2.75, 3.05) is 4.90 Å². The first-order valence-electron chi connectivity index (χ1n) is 21.5. The fraction of sp³-hybridized carbons (Fsp3) is 0.143. The van der Waals surface area contributed by atoms with E-state index in [2.05, 4.69) is 203 Å². The van der Waals surface area contributed by atoms with Crippen LogP contribution in [0.5, 0.6) is 0 Å². The molecule has 11 aromatic rings. The fourth-order valence-corrected chi connectivity index (χ4v) is 11.8. The Morgan fingerprint density at radius 3 is 2.08 bits per heavy atom. The van der Waals surface area contributed by atoms with Crippen molar-refractivity contribution in [2.45, 2.75) is 52.4 Å². The summed E-state index contributed by atoms with van der Waals surface area (Å²) in [6, 6.07) is 57.1. The Hall–Kier alpha value is -6.56. The standard InChI is InChI=1S/C56H43BN2OS/c1-55(2,3)34-24-26-44-39(28-34)41-29-35(56(4,5)6)30-42-40-31-49-50(38-18-11-13-22-48(38)61-49)53-51(40)57(59(44)52(41)42)43-25-23-33(32-15-8-7-9-16-32)27-46(43)58(53)45-20-14-19-37-36-17-10-12-21-47(36)60-54(37)45/h7-31H,1-6H3. The van der Waals surface area contributed by atoms with Crippen molar-refractivity contribution in [2.24, 2.45) is 0 Å². The molecule has 0 bridgehead atoms. The van der Waals surface area contributed by atoms with Crippen LogP contribution in [-0.2, 0) is 10.8 Å². The number of furan rings is 1. The number of hydrogen-bond donors (Lipinski definition) is 0. The quantitative estimate of drug-likeness (QED) is 0.162. The van der Waals surface area contributed by atoms with E-state index >= 15 is 0 Å². The van der Waals surface area contributed by atoms with E-state index in [4.69, 9.17) is 4.42 Å². The highest BCUT2D eigenvalue weighted by Gasteiger charge is 2.45. The van der Waals surface area contributed by atoms with Crippen LogP contribution in [0.1, 0.15) is 52.7 Å². The summed E-state index contributed by atoms with van der Waals surface area (Å²) in [5.74, 6) is 0. The second-order valence-corrected chi connectivity index (χ2v) is 20.4. The summed E-state index contributed by atoms with van der Waals surface area (Å²) in [6.07, 6.45) is 0. The lowest BCUT2D eigenvalue weighted by Crippen LogP contribution is -2.56. The normalized spacial score (nSPS) is 13.7. The van der Waals surface area contributed by atoms with E-state index < -0.39 is 0 Å². The van der Waals surface area contributed by atoms with Crippen molar-refractivity contribution in [3.05, 3.63) is 163 Å². The summed E-state index contributed by atoms with van der Waals surface area (Å²) in [7, 11) is 0. The molecule has 13 rings (SSSR count). The average Bonchev–Trinajstić information content (AvgIpc) is 3.94. The number of hydrogen-bond acceptors (Lipinski definition) is 3. The van der Waals surface area contributed by atoms with Crippen molar-refractivity contribution in [3.63, 3.8) is 0 Å². The van der Waals surface area contributed by atoms with Gasteiger partial charge in [-0.15, -0.1) is 11.3 Å². The molecule has 0 fully saturated rings. The molecule has 0 atom stereocenters. The van der Waals surface area contributed by atoms with Crippen LogP contribution >= 0.6 is 11.3 Å². The van der Waals surface area contributed by atoms with Crippen LogP contribution in [0.4, 0.5) is 17.1 Å². The van der Waals surface area contributed by atoms with Gasteiger partial charge in [-0.25, -0.2) is 0 Å². The van der Waals surface area contributed by atoms with Gasteiger partial charge < -0.3 is 13.8 Å². The molecule has 292 valence electrons. The van der Waals surface area contributed by atoms with Gasteiger partial charge in [-0.3, -0.25) is 0 Å². The predicted octanol–water partition coefficient (Wildman–Crippen LogP) is 14.7. The zero-order valence-corrected chi connectivity index (χ0v) is 36.0. The monoisotopic (exact) mass is 802 g/mol. The van der Waals surface area contributed by atoms with Crippen molar-refractivity contribution < 1.29 is 4.42 Å². The maximum atomic E-state index is 6.96. The highest BCUT2D eigenvalue weighted by atomic mass is 32.1. The number of anilines is 3. The van der Waals surface area contributed by atoms with Gasteiger partial charge in [0.25, 0.3) is 0 Å². The first-order valence-corrected chi connectivity index (χ1v) is 22.4. The highest BCUT2D eigenvalue weighted by Crippen LogP contribution is 2.53. The number of fused-ring (bicyclic) bond motifs is 14. The number of benzene rings is 8. The van der Waals surface area contributed by atoms with Gasteiger partial charge in [-0.2, -0.15) is 0 Å². The molecule has 0 aliphatic carbocycles. The summed E-state index contributed by atoms with van der Waals surface area (Å²) < 4.78 is 12.3. The minimum Gasteiger partial charge on any atom is -0.454 e. The maximum Gasteiger partial charge on any atom is 0.333 e. The van der Waals surface area contributed by atoms with Crippen LogP contribution in [0.15, 0.2) is 156 Å². The fourth-order valence-electron chi connectivity index (χ4n) is 10.6. The Morgan fingerprint density at radius 2 is 1.26 bits per heavy atom. The SMILES string of the molecule is CC(C)(C)c1ccc2c(c1)c1cc(C(C)(C)C)cc3c1n2B1c2ccc(-c4ccccc4)cc2N(c2cccc4c2oc2ccccc24)c2c1c-3cc1sc3ccccc3c21. The minimum atomic E-state index is -0.0764. The second kappa shape index (κ2) is 12.1. The molecular formula is C56H43BN2OS. The largest absolute Gasteiger partial charge is 0.454 e. The van der Waals surface area contributed by atoms with Gasteiger partial charge in [0.1, 0.15) is 5.58 Å². The zero-order valence-electron chi connectivity index (χ0n) is 35.2. The molecule has 2 aliphatic heterocycles. The van der Waals surface area contributed by atoms with Gasteiger partial charge in [-0.1, -0.05) is 139 Å². The minimum absolute atomic E-state index is 0.0122. The van der Waals surface area contributed by atoms with Crippen molar-refractivity contribution >= 4 is 110 Å². The van der Waals surface area contributed by atoms with E-state index in [1.807, 2.05) is 11.3 Å². The number of nitrogens with zero attached hydrogens (tertiary/aromatic N) is 2. The Kier molecular flexibility index (Phi) is 6.96. The van der Waals surface area contributed by atoms with Crippen molar-refractivity contribution in [3.8, 4) is 22.3 Å². The number of rotatable bonds is 2. The Morgan fingerprint density at radius 1 is 0.525 bits per heavy atom. The molecule has 0 amide bonds. The van der Waals surface area contributed by atoms with Gasteiger partial charge in [0.05, 0.1) is 11.4 Å². The van der Waals surface area contributed by atoms with Gasteiger partial charge >= 0.3 is 6.85 Å².